The first-order chi connectivity index (χ1) is 10.7. The second kappa shape index (κ2) is 8.06. The molecule has 0 saturated heterocycles. The van der Waals surface area contributed by atoms with E-state index in [4.69, 9.17) is 21.1 Å². The van der Waals surface area contributed by atoms with Crippen molar-refractivity contribution < 1.29 is 14.3 Å². The molecule has 1 aromatic heterocycles. The maximum atomic E-state index is 12.2. The molecule has 0 bridgehead atoms. The standard InChI is InChI=1S/C16H18ClNO3S/c1-3-21-15-13(17)9-11(10-14(15)20-2)16(19)18-7-6-12-5-4-8-22-12/h4-5,8-10H,3,6-7H2,1-2H3,(H,18,19). The predicted molar refractivity (Wildman–Crippen MR) is 89.5 cm³/mol. The van der Waals surface area contributed by atoms with E-state index in [2.05, 4.69) is 5.32 Å². The van der Waals surface area contributed by atoms with E-state index < -0.39 is 0 Å². The Morgan fingerprint density at radius 2 is 2.23 bits per heavy atom. The van der Waals surface area contributed by atoms with Crippen molar-refractivity contribution in [2.24, 2.45) is 0 Å². The van der Waals surface area contributed by atoms with Crippen molar-refractivity contribution in [1.29, 1.82) is 0 Å². The number of hydrogen-bond acceptors (Lipinski definition) is 4. The summed E-state index contributed by atoms with van der Waals surface area (Å²) in [5.41, 5.74) is 0.455. The minimum atomic E-state index is -0.181. The van der Waals surface area contributed by atoms with Crippen LogP contribution in [0.2, 0.25) is 5.02 Å². The molecule has 0 atom stereocenters. The molecule has 2 aromatic rings. The number of ether oxygens (including phenoxy) is 2. The number of carbonyl (C=O) groups is 1. The summed E-state index contributed by atoms with van der Waals surface area (Å²) in [4.78, 5) is 13.4. The molecule has 1 N–H and O–H groups in total. The number of nitrogens with one attached hydrogen (secondary N) is 1. The van der Waals surface area contributed by atoms with Crippen LogP contribution in [0.3, 0.4) is 0 Å². The van der Waals surface area contributed by atoms with Gasteiger partial charge in [-0.05, 0) is 36.9 Å². The summed E-state index contributed by atoms with van der Waals surface area (Å²) in [6.07, 6.45) is 0.811. The first-order valence-corrected chi connectivity index (χ1v) is 8.22. The van der Waals surface area contributed by atoms with Crippen LogP contribution in [0.4, 0.5) is 0 Å². The first-order valence-electron chi connectivity index (χ1n) is 6.96. The van der Waals surface area contributed by atoms with E-state index in [1.807, 2.05) is 24.4 Å². The Labute approximate surface area is 139 Å². The smallest absolute Gasteiger partial charge is 0.251 e. The Morgan fingerprint density at radius 1 is 1.41 bits per heavy atom. The molecule has 1 heterocycles. The van der Waals surface area contributed by atoms with Gasteiger partial charge in [0, 0.05) is 17.0 Å². The monoisotopic (exact) mass is 339 g/mol. The van der Waals surface area contributed by atoms with Crippen molar-refractivity contribution in [2.45, 2.75) is 13.3 Å². The number of hydrogen-bond donors (Lipinski definition) is 1. The second-order valence-corrected chi connectivity index (χ2v) is 5.95. The van der Waals surface area contributed by atoms with E-state index in [0.717, 1.165) is 6.42 Å². The van der Waals surface area contributed by atoms with Crippen LogP contribution in [0, 0.1) is 0 Å². The summed E-state index contributed by atoms with van der Waals surface area (Å²) in [7, 11) is 1.52. The Morgan fingerprint density at radius 3 is 2.86 bits per heavy atom. The minimum absolute atomic E-state index is 0.181. The number of thiophene rings is 1. The molecular weight excluding hydrogens is 322 g/mol. The molecule has 0 radical (unpaired) electrons. The molecule has 0 aliphatic carbocycles. The molecule has 0 aliphatic heterocycles. The second-order valence-electron chi connectivity index (χ2n) is 4.51. The number of carbonyl (C=O) groups excluding carboxylic acids is 1. The van der Waals surface area contributed by atoms with Crippen LogP contribution in [0.25, 0.3) is 0 Å². The van der Waals surface area contributed by atoms with Gasteiger partial charge in [-0.15, -0.1) is 11.3 Å². The van der Waals surface area contributed by atoms with Gasteiger partial charge in [-0.25, -0.2) is 0 Å². The lowest BCUT2D eigenvalue weighted by molar-refractivity contribution is 0.0954. The Kier molecular flexibility index (Phi) is 6.10. The summed E-state index contributed by atoms with van der Waals surface area (Å²) >= 11 is 7.85. The number of methoxy groups -OCH3 is 1. The Balaban J connectivity index is 2.04. The van der Waals surface area contributed by atoms with E-state index in [1.54, 1.807) is 23.5 Å². The van der Waals surface area contributed by atoms with E-state index >= 15 is 0 Å². The SMILES string of the molecule is CCOc1c(Cl)cc(C(=O)NCCc2cccs2)cc1OC. The zero-order valence-electron chi connectivity index (χ0n) is 12.5. The lowest BCUT2D eigenvalue weighted by atomic mass is 10.2. The molecule has 118 valence electrons. The number of amides is 1. The van der Waals surface area contributed by atoms with E-state index in [-0.39, 0.29) is 5.91 Å². The normalized spacial score (nSPS) is 10.3. The van der Waals surface area contributed by atoms with Crippen molar-refractivity contribution in [3.8, 4) is 11.5 Å². The molecule has 22 heavy (non-hydrogen) atoms. The van der Waals surface area contributed by atoms with Gasteiger partial charge in [0.05, 0.1) is 18.7 Å². The van der Waals surface area contributed by atoms with Gasteiger partial charge in [-0.3, -0.25) is 4.79 Å². The van der Waals surface area contributed by atoms with Crippen LogP contribution >= 0.6 is 22.9 Å². The average molecular weight is 340 g/mol. The highest BCUT2D eigenvalue weighted by molar-refractivity contribution is 7.09. The summed E-state index contributed by atoms with van der Waals surface area (Å²) in [6.45, 7) is 2.91. The zero-order chi connectivity index (χ0) is 15.9. The van der Waals surface area contributed by atoms with Crippen molar-refractivity contribution in [1.82, 2.24) is 5.32 Å². The molecule has 1 aromatic carbocycles. The van der Waals surface area contributed by atoms with Gasteiger partial charge in [0.1, 0.15) is 0 Å². The van der Waals surface area contributed by atoms with Gasteiger partial charge in [0.15, 0.2) is 11.5 Å². The molecule has 2 rings (SSSR count). The molecule has 0 unspecified atom stereocenters. The van der Waals surface area contributed by atoms with Gasteiger partial charge in [0.25, 0.3) is 5.91 Å². The Hall–Kier alpha value is -1.72. The third-order valence-electron chi connectivity index (χ3n) is 3.02. The van der Waals surface area contributed by atoms with Crippen molar-refractivity contribution in [3.63, 3.8) is 0 Å². The fourth-order valence-electron chi connectivity index (χ4n) is 1.99. The molecule has 0 fully saturated rings. The largest absolute Gasteiger partial charge is 0.493 e. The highest BCUT2D eigenvalue weighted by atomic mass is 35.5. The van der Waals surface area contributed by atoms with Crippen LogP contribution in [0.1, 0.15) is 22.2 Å². The molecule has 6 heteroatoms. The van der Waals surface area contributed by atoms with Crippen LogP contribution in [0.5, 0.6) is 11.5 Å². The third kappa shape index (κ3) is 4.15. The summed E-state index contributed by atoms with van der Waals surface area (Å²) < 4.78 is 10.7. The van der Waals surface area contributed by atoms with Crippen LogP contribution < -0.4 is 14.8 Å². The van der Waals surface area contributed by atoms with Gasteiger partial charge < -0.3 is 14.8 Å². The van der Waals surface area contributed by atoms with Crippen LogP contribution in [0.15, 0.2) is 29.6 Å². The molecule has 0 aliphatic rings. The van der Waals surface area contributed by atoms with Crippen molar-refractivity contribution in [3.05, 3.63) is 45.1 Å². The fraction of sp³-hybridized carbons (Fsp3) is 0.312. The van der Waals surface area contributed by atoms with E-state index in [1.165, 1.54) is 12.0 Å². The lowest BCUT2D eigenvalue weighted by Gasteiger charge is -2.13. The lowest BCUT2D eigenvalue weighted by Crippen LogP contribution is -2.25. The zero-order valence-corrected chi connectivity index (χ0v) is 14.1. The van der Waals surface area contributed by atoms with E-state index in [9.17, 15) is 4.79 Å². The first kappa shape index (κ1) is 16.6. The van der Waals surface area contributed by atoms with Crippen molar-refractivity contribution >= 4 is 28.8 Å². The number of rotatable bonds is 7. The number of benzene rings is 1. The van der Waals surface area contributed by atoms with Gasteiger partial charge in [-0.1, -0.05) is 17.7 Å². The topological polar surface area (TPSA) is 47.6 Å². The minimum Gasteiger partial charge on any atom is -0.493 e. The molecule has 0 spiro atoms. The molecule has 0 saturated carbocycles. The summed E-state index contributed by atoms with van der Waals surface area (Å²) in [6, 6.07) is 7.28. The predicted octanol–water partition coefficient (Wildman–Crippen LogP) is 3.78. The third-order valence-corrected chi connectivity index (χ3v) is 4.23. The average Bonchev–Trinajstić information content (AvgIpc) is 3.02. The van der Waals surface area contributed by atoms with Crippen molar-refractivity contribution in [2.75, 3.05) is 20.3 Å². The maximum absolute atomic E-state index is 12.2. The summed E-state index contributed by atoms with van der Waals surface area (Å²) in [5.74, 6) is 0.736. The molecule has 4 nitrogen and oxygen atoms in total. The molecular formula is C16H18ClNO3S. The highest BCUT2D eigenvalue weighted by Crippen LogP contribution is 2.36. The van der Waals surface area contributed by atoms with E-state index in [0.29, 0.717) is 35.2 Å². The Bertz CT molecular complexity index is 629. The highest BCUT2D eigenvalue weighted by Gasteiger charge is 2.15. The van der Waals surface area contributed by atoms with Crippen LogP contribution in [-0.2, 0) is 6.42 Å². The molecule has 1 amide bonds. The quantitative estimate of drug-likeness (QED) is 0.835. The summed E-state index contributed by atoms with van der Waals surface area (Å²) in [5, 5.41) is 5.27. The number of halogens is 1. The van der Waals surface area contributed by atoms with Gasteiger partial charge in [-0.2, -0.15) is 0 Å². The fourth-order valence-corrected chi connectivity index (χ4v) is 2.97. The van der Waals surface area contributed by atoms with Gasteiger partial charge in [0.2, 0.25) is 0 Å². The van der Waals surface area contributed by atoms with Gasteiger partial charge >= 0.3 is 0 Å². The maximum Gasteiger partial charge on any atom is 0.251 e. The van der Waals surface area contributed by atoms with Crippen LogP contribution in [-0.4, -0.2) is 26.2 Å².